The monoisotopic (exact) mass is 285 g/mol. The number of fused-ring (bicyclic) bond motifs is 1. The van der Waals surface area contributed by atoms with E-state index in [-0.39, 0.29) is 0 Å². The molecule has 0 aromatic carbocycles. The van der Waals surface area contributed by atoms with Gasteiger partial charge in [0, 0.05) is 31.7 Å². The van der Waals surface area contributed by atoms with Gasteiger partial charge in [-0.25, -0.2) is 9.97 Å². The van der Waals surface area contributed by atoms with Crippen molar-refractivity contribution in [3.63, 3.8) is 0 Å². The van der Waals surface area contributed by atoms with Gasteiger partial charge in [-0.2, -0.15) is 0 Å². The van der Waals surface area contributed by atoms with E-state index < -0.39 is 0 Å². The summed E-state index contributed by atoms with van der Waals surface area (Å²) in [6.07, 6.45) is 5.77. The molecule has 5 nitrogen and oxygen atoms in total. The van der Waals surface area contributed by atoms with E-state index in [1.54, 1.807) is 0 Å². The van der Waals surface area contributed by atoms with Crippen molar-refractivity contribution in [2.45, 2.75) is 31.7 Å². The van der Waals surface area contributed by atoms with Gasteiger partial charge >= 0.3 is 0 Å². The van der Waals surface area contributed by atoms with Crippen LogP contribution in [0.4, 0.5) is 0 Å². The Bertz CT molecular complexity index is 608. The molecule has 1 unspecified atom stereocenters. The summed E-state index contributed by atoms with van der Waals surface area (Å²) in [7, 11) is 0. The van der Waals surface area contributed by atoms with Crippen LogP contribution in [0.2, 0.25) is 0 Å². The first-order chi connectivity index (χ1) is 10.4. The first-order valence-electron chi connectivity index (χ1n) is 8.16. The van der Waals surface area contributed by atoms with Crippen LogP contribution < -0.4 is 5.32 Å². The van der Waals surface area contributed by atoms with Gasteiger partial charge in [-0.1, -0.05) is 0 Å². The summed E-state index contributed by atoms with van der Waals surface area (Å²) in [4.78, 5) is 12.0. The highest BCUT2D eigenvalue weighted by atomic mass is 15.2. The van der Waals surface area contributed by atoms with E-state index in [1.165, 1.54) is 38.2 Å². The van der Waals surface area contributed by atoms with Gasteiger partial charge in [0.2, 0.25) is 0 Å². The highest BCUT2D eigenvalue weighted by Gasteiger charge is 2.24. The molecular weight excluding hydrogens is 262 g/mol. The average Bonchev–Trinajstić information content (AvgIpc) is 3.25. The van der Waals surface area contributed by atoms with E-state index >= 15 is 0 Å². The minimum Gasteiger partial charge on any atom is -0.316 e. The molecule has 1 atom stereocenters. The van der Waals surface area contributed by atoms with Crippen LogP contribution in [-0.4, -0.2) is 52.2 Å². The van der Waals surface area contributed by atoms with E-state index in [2.05, 4.69) is 25.8 Å². The van der Waals surface area contributed by atoms with Crippen molar-refractivity contribution >= 4 is 11.2 Å². The maximum atomic E-state index is 4.88. The minimum atomic E-state index is 0.540. The molecule has 0 amide bonds. The van der Waals surface area contributed by atoms with Crippen LogP contribution in [0, 0.1) is 0 Å². The van der Waals surface area contributed by atoms with Crippen LogP contribution >= 0.6 is 0 Å². The van der Waals surface area contributed by atoms with Crippen molar-refractivity contribution < 1.29 is 0 Å². The van der Waals surface area contributed by atoms with Crippen molar-refractivity contribution in [3.05, 3.63) is 24.2 Å². The lowest BCUT2D eigenvalue weighted by molar-refractivity contribution is 0.321. The molecule has 1 N–H and O–H groups in total. The maximum absolute atomic E-state index is 4.88. The predicted molar refractivity (Wildman–Crippen MR) is 83.4 cm³/mol. The molecule has 5 heteroatoms. The second-order valence-electron chi connectivity index (χ2n) is 6.21. The van der Waals surface area contributed by atoms with Crippen LogP contribution in [0.3, 0.4) is 0 Å². The van der Waals surface area contributed by atoms with Crippen molar-refractivity contribution in [2.24, 2.45) is 0 Å². The second-order valence-corrected chi connectivity index (χ2v) is 6.21. The average molecular weight is 285 g/mol. The molecule has 2 aromatic rings. The fraction of sp³-hybridized carbons (Fsp3) is 0.625. The molecule has 0 saturated carbocycles. The van der Waals surface area contributed by atoms with Crippen LogP contribution in [0.15, 0.2) is 18.3 Å². The Kier molecular flexibility index (Phi) is 3.61. The molecule has 2 saturated heterocycles. The van der Waals surface area contributed by atoms with Crippen molar-refractivity contribution in [3.8, 4) is 0 Å². The van der Waals surface area contributed by atoms with Crippen LogP contribution in [-0.2, 0) is 6.54 Å². The molecule has 2 aliphatic rings. The van der Waals surface area contributed by atoms with Gasteiger partial charge < -0.3 is 14.8 Å². The number of hydrogen-bond acceptors (Lipinski definition) is 4. The molecule has 0 radical (unpaired) electrons. The zero-order valence-electron chi connectivity index (χ0n) is 12.5. The maximum Gasteiger partial charge on any atom is 0.160 e. The molecule has 0 spiro atoms. The van der Waals surface area contributed by atoms with Crippen LogP contribution in [0.25, 0.3) is 11.2 Å². The van der Waals surface area contributed by atoms with E-state index in [1.807, 2.05) is 12.3 Å². The van der Waals surface area contributed by atoms with Crippen LogP contribution in [0.1, 0.15) is 31.0 Å². The SMILES string of the molecule is c1cnc2c(c1)nc(C1CCNC1)n2CCN1CCCC1. The Labute approximate surface area is 125 Å². The third-order valence-corrected chi connectivity index (χ3v) is 4.80. The third kappa shape index (κ3) is 2.56. The smallest absolute Gasteiger partial charge is 0.160 e. The van der Waals surface area contributed by atoms with Gasteiger partial charge in [0.25, 0.3) is 0 Å². The van der Waals surface area contributed by atoms with Crippen LogP contribution in [0.5, 0.6) is 0 Å². The van der Waals surface area contributed by atoms with E-state index in [4.69, 9.17) is 4.98 Å². The zero-order chi connectivity index (χ0) is 14.1. The fourth-order valence-electron chi connectivity index (χ4n) is 3.63. The highest BCUT2D eigenvalue weighted by molar-refractivity contribution is 5.71. The fourth-order valence-corrected chi connectivity index (χ4v) is 3.63. The van der Waals surface area contributed by atoms with Gasteiger partial charge in [-0.05, 0) is 51.0 Å². The molecule has 2 fully saturated rings. The van der Waals surface area contributed by atoms with Gasteiger partial charge in [0.05, 0.1) is 0 Å². The number of aromatic nitrogens is 3. The Balaban J connectivity index is 1.64. The molecule has 4 heterocycles. The highest BCUT2D eigenvalue weighted by Crippen LogP contribution is 2.25. The van der Waals surface area contributed by atoms with Gasteiger partial charge in [0.15, 0.2) is 5.65 Å². The Morgan fingerprint density at radius 3 is 2.95 bits per heavy atom. The quantitative estimate of drug-likeness (QED) is 0.927. The number of hydrogen-bond donors (Lipinski definition) is 1. The van der Waals surface area contributed by atoms with Crippen molar-refractivity contribution in [2.75, 3.05) is 32.7 Å². The molecule has 0 bridgehead atoms. The minimum absolute atomic E-state index is 0.540. The summed E-state index contributed by atoms with van der Waals surface area (Å²) in [5, 5.41) is 3.46. The molecule has 0 aliphatic carbocycles. The number of likely N-dealkylation sites (tertiary alicyclic amines) is 1. The van der Waals surface area contributed by atoms with Crippen molar-refractivity contribution in [1.29, 1.82) is 0 Å². The van der Waals surface area contributed by atoms with E-state index in [0.29, 0.717) is 5.92 Å². The summed E-state index contributed by atoms with van der Waals surface area (Å²) in [5.41, 5.74) is 2.10. The molecular formula is C16H23N5. The first-order valence-corrected chi connectivity index (χ1v) is 8.16. The molecule has 2 aliphatic heterocycles. The molecule has 112 valence electrons. The standard InChI is InChI=1S/C16H23N5/c1-2-9-20(8-1)10-11-21-15(13-5-7-17-12-13)19-14-4-3-6-18-16(14)21/h3-4,6,13,17H,1-2,5,7-12H2. The summed E-state index contributed by atoms with van der Waals surface area (Å²) in [6.45, 7) is 6.79. The van der Waals surface area contributed by atoms with Crippen molar-refractivity contribution in [1.82, 2.24) is 24.8 Å². The topological polar surface area (TPSA) is 46.0 Å². The Morgan fingerprint density at radius 2 is 2.14 bits per heavy atom. The largest absolute Gasteiger partial charge is 0.316 e. The predicted octanol–water partition coefficient (Wildman–Crippen LogP) is 1.60. The Morgan fingerprint density at radius 1 is 1.24 bits per heavy atom. The van der Waals surface area contributed by atoms with E-state index in [0.717, 1.165) is 37.3 Å². The lowest BCUT2D eigenvalue weighted by Gasteiger charge is -2.17. The summed E-state index contributed by atoms with van der Waals surface area (Å²) in [5.74, 6) is 1.77. The van der Waals surface area contributed by atoms with Gasteiger partial charge in [-0.15, -0.1) is 0 Å². The first kappa shape index (κ1) is 13.2. The number of rotatable bonds is 4. The van der Waals surface area contributed by atoms with Gasteiger partial charge in [0.1, 0.15) is 11.3 Å². The lowest BCUT2D eigenvalue weighted by atomic mass is 10.1. The lowest BCUT2D eigenvalue weighted by Crippen LogP contribution is -2.25. The van der Waals surface area contributed by atoms with Gasteiger partial charge in [-0.3, -0.25) is 0 Å². The summed E-state index contributed by atoms with van der Waals surface area (Å²) >= 11 is 0. The Hall–Kier alpha value is -1.46. The molecule has 2 aromatic heterocycles. The normalized spacial score (nSPS) is 23.3. The van der Waals surface area contributed by atoms with E-state index in [9.17, 15) is 0 Å². The zero-order valence-corrected chi connectivity index (χ0v) is 12.5. The number of pyridine rings is 1. The number of nitrogens with zero attached hydrogens (tertiary/aromatic N) is 4. The number of nitrogens with one attached hydrogen (secondary N) is 1. The third-order valence-electron chi connectivity index (χ3n) is 4.80. The number of imidazole rings is 1. The summed E-state index contributed by atoms with van der Waals surface area (Å²) in [6, 6.07) is 4.07. The second kappa shape index (κ2) is 5.73. The summed E-state index contributed by atoms with van der Waals surface area (Å²) < 4.78 is 2.37. The molecule has 21 heavy (non-hydrogen) atoms. The molecule has 4 rings (SSSR count).